The average molecular weight is 302 g/mol. The molecular formula is C13H13F3N2OS. The molecule has 2 aromatic rings. The van der Waals surface area contributed by atoms with Gasteiger partial charge in [0, 0.05) is 10.9 Å². The number of aromatic nitrogens is 1. The Morgan fingerprint density at radius 2 is 1.95 bits per heavy atom. The summed E-state index contributed by atoms with van der Waals surface area (Å²) >= 11 is 1.48. The second-order valence-electron chi connectivity index (χ2n) is 4.30. The van der Waals surface area contributed by atoms with E-state index < -0.39 is 6.36 Å². The Bertz CT molecular complexity index is 566. The molecule has 0 amide bonds. The zero-order valence-electron chi connectivity index (χ0n) is 10.6. The molecule has 0 saturated heterocycles. The number of ether oxygens (including phenoxy) is 1. The van der Waals surface area contributed by atoms with Crippen LogP contribution in [0.1, 0.15) is 22.2 Å². The molecule has 1 heterocycles. The van der Waals surface area contributed by atoms with E-state index in [0.717, 1.165) is 16.1 Å². The summed E-state index contributed by atoms with van der Waals surface area (Å²) in [6, 6.07) is 5.52. The Hall–Kier alpha value is -1.60. The van der Waals surface area contributed by atoms with Crippen LogP contribution in [-0.2, 0) is 6.42 Å². The van der Waals surface area contributed by atoms with Crippen molar-refractivity contribution in [1.29, 1.82) is 0 Å². The molecule has 0 fully saturated rings. The van der Waals surface area contributed by atoms with E-state index in [1.54, 1.807) is 17.6 Å². The minimum atomic E-state index is -4.67. The molecule has 0 aliphatic rings. The van der Waals surface area contributed by atoms with Gasteiger partial charge in [0.15, 0.2) is 0 Å². The number of hydrogen-bond donors (Lipinski definition) is 1. The van der Waals surface area contributed by atoms with Gasteiger partial charge in [0.25, 0.3) is 0 Å². The molecule has 0 radical (unpaired) electrons. The second kappa shape index (κ2) is 5.80. The van der Waals surface area contributed by atoms with E-state index in [1.807, 2.05) is 6.92 Å². The first-order chi connectivity index (χ1) is 9.35. The SMILES string of the molecule is Cc1ncsc1C(N)Cc1ccc(OC(F)(F)F)cc1. The van der Waals surface area contributed by atoms with Crippen LogP contribution in [0.2, 0.25) is 0 Å². The van der Waals surface area contributed by atoms with Crippen LogP contribution in [0.25, 0.3) is 0 Å². The lowest BCUT2D eigenvalue weighted by molar-refractivity contribution is -0.274. The Morgan fingerprint density at radius 1 is 1.30 bits per heavy atom. The van der Waals surface area contributed by atoms with Gasteiger partial charge in [0.1, 0.15) is 5.75 Å². The zero-order valence-corrected chi connectivity index (χ0v) is 11.5. The van der Waals surface area contributed by atoms with Crippen molar-refractivity contribution in [2.75, 3.05) is 0 Å². The molecule has 0 aliphatic heterocycles. The van der Waals surface area contributed by atoms with Crippen LogP contribution < -0.4 is 10.5 Å². The van der Waals surface area contributed by atoms with Crippen LogP contribution >= 0.6 is 11.3 Å². The van der Waals surface area contributed by atoms with Crippen LogP contribution in [0, 0.1) is 6.92 Å². The fraction of sp³-hybridized carbons (Fsp3) is 0.308. The Kier molecular flexibility index (Phi) is 4.29. The average Bonchev–Trinajstić information content (AvgIpc) is 2.76. The summed E-state index contributed by atoms with van der Waals surface area (Å²) in [7, 11) is 0. The molecule has 108 valence electrons. The monoisotopic (exact) mass is 302 g/mol. The van der Waals surface area contributed by atoms with Crippen LogP contribution in [0.3, 0.4) is 0 Å². The third kappa shape index (κ3) is 3.94. The Morgan fingerprint density at radius 3 is 2.45 bits per heavy atom. The van der Waals surface area contributed by atoms with Crippen molar-refractivity contribution >= 4 is 11.3 Å². The molecule has 1 aromatic carbocycles. The molecule has 1 atom stereocenters. The minimum absolute atomic E-state index is 0.211. The van der Waals surface area contributed by atoms with Crippen molar-refractivity contribution in [3.05, 3.63) is 45.9 Å². The first kappa shape index (κ1) is 14.8. The van der Waals surface area contributed by atoms with Crippen molar-refractivity contribution in [3.8, 4) is 5.75 Å². The Balaban J connectivity index is 2.02. The number of aryl methyl sites for hydroxylation is 1. The molecule has 2 rings (SSSR count). The van der Waals surface area contributed by atoms with Gasteiger partial charge in [-0.3, -0.25) is 0 Å². The zero-order chi connectivity index (χ0) is 14.8. The van der Waals surface area contributed by atoms with Gasteiger partial charge < -0.3 is 10.5 Å². The summed E-state index contributed by atoms with van der Waals surface area (Å²) in [6.45, 7) is 1.88. The molecule has 2 N–H and O–H groups in total. The number of alkyl halides is 3. The van der Waals surface area contributed by atoms with Crippen molar-refractivity contribution < 1.29 is 17.9 Å². The van der Waals surface area contributed by atoms with Crippen LogP contribution in [0.5, 0.6) is 5.75 Å². The first-order valence-corrected chi connectivity index (χ1v) is 6.73. The largest absolute Gasteiger partial charge is 0.573 e. The van der Waals surface area contributed by atoms with E-state index >= 15 is 0 Å². The molecule has 7 heteroatoms. The number of nitrogens with two attached hydrogens (primary N) is 1. The van der Waals surface area contributed by atoms with Gasteiger partial charge in [-0.05, 0) is 31.0 Å². The highest BCUT2D eigenvalue weighted by Crippen LogP contribution is 2.26. The van der Waals surface area contributed by atoms with E-state index in [1.165, 1.54) is 23.5 Å². The Labute approximate surface area is 118 Å². The summed E-state index contributed by atoms with van der Waals surface area (Å²) in [5.74, 6) is -0.233. The molecule has 1 unspecified atom stereocenters. The molecule has 0 saturated carbocycles. The first-order valence-electron chi connectivity index (χ1n) is 5.85. The number of thiazole rings is 1. The maximum atomic E-state index is 12.0. The van der Waals surface area contributed by atoms with Gasteiger partial charge in [0.2, 0.25) is 0 Å². The maximum Gasteiger partial charge on any atom is 0.573 e. The lowest BCUT2D eigenvalue weighted by atomic mass is 10.0. The van der Waals surface area contributed by atoms with E-state index in [9.17, 15) is 13.2 Å². The van der Waals surface area contributed by atoms with Gasteiger partial charge in [-0.2, -0.15) is 0 Å². The molecular weight excluding hydrogens is 289 g/mol. The molecule has 1 aromatic heterocycles. The number of hydrogen-bond acceptors (Lipinski definition) is 4. The van der Waals surface area contributed by atoms with Crippen molar-refractivity contribution in [2.24, 2.45) is 5.73 Å². The molecule has 0 aliphatic carbocycles. The number of halogens is 3. The van der Waals surface area contributed by atoms with Gasteiger partial charge in [-0.15, -0.1) is 24.5 Å². The van der Waals surface area contributed by atoms with Crippen molar-refractivity contribution in [1.82, 2.24) is 4.98 Å². The predicted molar refractivity (Wildman–Crippen MR) is 70.6 cm³/mol. The van der Waals surface area contributed by atoms with E-state index in [0.29, 0.717) is 6.42 Å². The van der Waals surface area contributed by atoms with E-state index in [4.69, 9.17) is 5.73 Å². The highest BCUT2D eigenvalue weighted by Gasteiger charge is 2.30. The second-order valence-corrected chi connectivity index (χ2v) is 5.19. The van der Waals surface area contributed by atoms with E-state index in [-0.39, 0.29) is 11.8 Å². The fourth-order valence-corrected chi connectivity index (χ4v) is 2.65. The van der Waals surface area contributed by atoms with E-state index in [2.05, 4.69) is 9.72 Å². The van der Waals surface area contributed by atoms with Gasteiger partial charge >= 0.3 is 6.36 Å². The maximum absolute atomic E-state index is 12.0. The molecule has 20 heavy (non-hydrogen) atoms. The van der Waals surface area contributed by atoms with Crippen molar-refractivity contribution in [2.45, 2.75) is 25.7 Å². The molecule has 0 bridgehead atoms. The smallest absolute Gasteiger partial charge is 0.406 e. The fourth-order valence-electron chi connectivity index (χ4n) is 1.84. The topological polar surface area (TPSA) is 48.1 Å². The number of nitrogens with zero attached hydrogens (tertiary/aromatic N) is 1. The summed E-state index contributed by atoms with van der Waals surface area (Å²) in [6.07, 6.45) is -4.13. The summed E-state index contributed by atoms with van der Waals surface area (Å²) in [4.78, 5) is 5.11. The predicted octanol–water partition coefficient (Wildman–Crippen LogP) is 3.59. The van der Waals surface area contributed by atoms with Gasteiger partial charge in [-0.25, -0.2) is 4.98 Å². The lowest BCUT2D eigenvalue weighted by Gasteiger charge is -2.12. The summed E-state index contributed by atoms with van der Waals surface area (Å²) < 4.78 is 39.9. The molecule has 3 nitrogen and oxygen atoms in total. The highest BCUT2D eigenvalue weighted by atomic mass is 32.1. The van der Waals surface area contributed by atoms with Gasteiger partial charge in [-0.1, -0.05) is 12.1 Å². The standard InChI is InChI=1S/C13H13F3N2OS/c1-8-12(20-7-18-8)11(17)6-9-2-4-10(5-3-9)19-13(14,15)16/h2-5,7,11H,6,17H2,1H3. The van der Waals surface area contributed by atoms with Crippen LogP contribution in [-0.4, -0.2) is 11.3 Å². The van der Waals surface area contributed by atoms with Gasteiger partial charge in [0.05, 0.1) is 11.2 Å². The minimum Gasteiger partial charge on any atom is -0.406 e. The van der Waals surface area contributed by atoms with Crippen LogP contribution in [0.4, 0.5) is 13.2 Å². The van der Waals surface area contributed by atoms with Crippen molar-refractivity contribution in [3.63, 3.8) is 0 Å². The lowest BCUT2D eigenvalue weighted by Crippen LogP contribution is -2.17. The third-order valence-corrected chi connectivity index (χ3v) is 3.79. The number of benzene rings is 1. The number of rotatable bonds is 4. The molecule has 0 spiro atoms. The third-order valence-electron chi connectivity index (χ3n) is 2.73. The summed E-state index contributed by atoms with van der Waals surface area (Å²) in [5.41, 5.74) is 9.53. The normalized spacial score (nSPS) is 13.2. The summed E-state index contributed by atoms with van der Waals surface area (Å²) in [5, 5.41) is 0. The highest BCUT2D eigenvalue weighted by molar-refractivity contribution is 7.09. The quantitative estimate of drug-likeness (QED) is 0.939. The van der Waals surface area contributed by atoms with Crippen LogP contribution in [0.15, 0.2) is 29.8 Å².